The van der Waals surface area contributed by atoms with Crippen LogP contribution in [0.2, 0.25) is 5.02 Å². The van der Waals surface area contributed by atoms with Crippen molar-refractivity contribution < 1.29 is 22.7 Å². The SMILES string of the molecule is O=C1Cc2ccc(F)cc2N1Cc1c(Cl)cccc1OCc1cc(F)cc(F)c1. The molecule has 1 heterocycles. The number of hydrogen-bond acceptors (Lipinski definition) is 2. The van der Waals surface area contributed by atoms with Gasteiger partial charge in [0, 0.05) is 16.7 Å². The van der Waals surface area contributed by atoms with Crippen LogP contribution in [0.4, 0.5) is 18.9 Å². The van der Waals surface area contributed by atoms with Crippen LogP contribution >= 0.6 is 11.6 Å². The Labute approximate surface area is 170 Å². The first-order chi connectivity index (χ1) is 13.9. The zero-order valence-corrected chi connectivity index (χ0v) is 15.8. The van der Waals surface area contributed by atoms with Crippen LogP contribution in [-0.2, 0) is 24.4 Å². The van der Waals surface area contributed by atoms with Crippen molar-refractivity contribution in [3.8, 4) is 5.75 Å². The monoisotopic (exact) mass is 417 g/mol. The van der Waals surface area contributed by atoms with E-state index in [1.807, 2.05) is 0 Å². The van der Waals surface area contributed by atoms with E-state index in [1.54, 1.807) is 24.3 Å². The van der Waals surface area contributed by atoms with Crippen molar-refractivity contribution in [2.45, 2.75) is 19.6 Å². The summed E-state index contributed by atoms with van der Waals surface area (Å²) in [4.78, 5) is 13.9. The van der Waals surface area contributed by atoms with Crippen molar-refractivity contribution in [2.24, 2.45) is 0 Å². The minimum Gasteiger partial charge on any atom is -0.488 e. The Bertz CT molecular complexity index is 1080. The van der Waals surface area contributed by atoms with Gasteiger partial charge in [-0.3, -0.25) is 4.79 Å². The van der Waals surface area contributed by atoms with Gasteiger partial charge in [0.05, 0.1) is 18.7 Å². The fourth-order valence-corrected chi connectivity index (χ4v) is 3.57. The van der Waals surface area contributed by atoms with Crippen molar-refractivity contribution in [1.29, 1.82) is 0 Å². The van der Waals surface area contributed by atoms with Crippen molar-refractivity contribution >= 4 is 23.2 Å². The lowest BCUT2D eigenvalue weighted by Crippen LogP contribution is -2.26. The van der Waals surface area contributed by atoms with E-state index in [2.05, 4.69) is 0 Å². The molecule has 3 nitrogen and oxygen atoms in total. The molecule has 0 spiro atoms. The second kappa shape index (κ2) is 7.79. The van der Waals surface area contributed by atoms with Gasteiger partial charge in [0.1, 0.15) is 29.8 Å². The summed E-state index contributed by atoms with van der Waals surface area (Å²) < 4.78 is 46.2. The number of anilines is 1. The second-order valence-electron chi connectivity index (χ2n) is 6.71. The highest BCUT2D eigenvalue weighted by Gasteiger charge is 2.29. The zero-order chi connectivity index (χ0) is 20.5. The molecule has 0 bridgehead atoms. The van der Waals surface area contributed by atoms with Crippen molar-refractivity contribution in [1.82, 2.24) is 0 Å². The van der Waals surface area contributed by atoms with Crippen LogP contribution in [0.3, 0.4) is 0 Å². The van der Waals surface area contributed by atoms with Crippen molar-refractivity contribution in [3.05, 3.63) is 93.8 Å². The highest BCUT2D eigenvalue weighted by molar-refractivity contribution is 6.31. The summed E-state index contributed by atoms with van der Waals surface area (Å²) in [6.07, 6.45) is 0.179. The van der Waals surface area contributed by atoms with Gasteiger partial charge in [-0.05, 0) is 47.5 Å². The molecule has 0 saturated heterocycles. The third-order valence-corrected chi connectivity index (χ3v) is 5.04. The number of benzene rings is 3. The highest BCUT2D eigenvalue weighted by atomic mass is 35.5. The van der Waals surface area contributed by atoms with Gasteiger partial charge in [0.15, 0.2) is 0 Å². The van der Waals surface area contributed by atoms with Crippen LogP contribution in [0.1, 0.15) is 16.7 Å². The van der Waals surface area contributed by atoms with E-state index in [0.717, 1.165) is 11.6 Å². The van der Waals surface area contributed by atoms with Crippen LogP contribution in [0.5, 0.6) is 5.75 Å². The van der Waals surface area contributed by atoms with Gasteiger partial charge < -0.3 is 9.64 Å². The Hall–Kier alpha value is -2.99. The van der Waals surface area contributed by atoms with Gasteiger partial charge in [-0.2, -0.15) is 0 Å². The zero-order valence-electron chi connectivity index (χ0n) is 15.1. The summed E-state index contributed by atoms with van der Waals surface area (Å²) in [6, 6.07) is 12.3. The largest absolute Gasteiger partial charge is 0.488 e. The summed E-state index contributed by atoms with van der Waals surface area (Å²) in [5.41, 5.74) is 2.07. The molecule has 148 valence electrons. The highest BCUT2D eigenvalue weighted by Crippen LogP contribution is 2.35. The molecular formula is C22H15ClF3NO2. The van der Waals surface area contributed by atoms with Gasteiger partial charge in [-0.1, -0.05) is 23.7 Å². The molecular weight excluding hydrogens is 403 g/mol. The van der Waals surface area contributed by atoms with Gasteiger partial charge >= 0.3 is 0 Å². The van der Waals surface area contributed by atoms with E-state index < -0.39 is 17.5 Å². The van der Waals surface area contributed by atoms with E-state index in [-0.39, 0.29) is 25.5 Å². The predicted octanol–water partition coefficient (Wildman–Crippen LogP) is 5.43. The number of rotatable bonds is 5. The summed E-state index contributed by atoms with van der Waals surface area (Å²) in [6.45, 7) is 0.00297. The molecule has 0 aromatic heterocycles. The third kappa shape index (κ3) is 4.07. The molecule has 0 atom stereocenters. The van der Waals surface area contributed by atoms with E-state index >= 15 is 0 Å². The molecule has 3 aromatic carbocycles. The van der Waals surface area contributed by atoms with Crippen molar-refractivity contribution in [3.63, 3.8) is 0 Å². The van der Waals surface area contributed by atoms with Crippen LogP contribution < -0.4 is 9.64 Å². The fraction of sp³-hybridized carbons (Fsp3) is 0.136. The Balaban J connectivity index is 1.60. The summed E-state index contributed by atoms with van der Waals surface area (Å²) in [5.74, 6) is -1.64. The topological polar surface area (TPSA) is 29.5 Å². The van der Waals surface area contributed by atoms with Gasteiger partial charge in [-0.25, -0.2) is 13.2 Å². The minimum absolute atomic E-state index is 0.0822. The van der Waals surface area contributed by atoms with Crippen LogP contribution in [-0.4, -0.2) is 5.91 Å². The Morgan fingerprint density at radius 2 is 1.72 bits per heavy atom. The molecule has 29 heavy (non-hydrogen) atoms. The van der Waals surface area contributed by atoms with E-state index in [9.17, 15) is 18.0 Å². The lowest BCUT2D eigenvalue weighted by Gasteiger charge is -2.21. The maximum atomic E-state index is 13.7. The number of carbonyl (C=O) groups excluding carboxylic acids is 1. The summed E-state index contributed by atoms with van der Waals surface area (Å²) >= 11 is 6.33. The van der Waals surface area contributed by atoms with Gasteiger partial charge in [0.2, 0.25) is 5.91 Å². The average Bonchev–Trinajstić information content (AvgIpc) is 2.96. The molecule has 1 aliphatic rings. The number of carbonyl (C=O) groups is 1. The molecule has 1 aliphatic heterocycles. The number of ether oxygens (including phenoxy) is 1. The van der Waals surface area contributed by atoms with Gasteiger partial charge in [-0.15, -0.1) is 0 Å². The first-order valence-electron chi connectivity index (χ1n) is 8.84. The molecule has 1 amide bonds. The number of hydrogen-bond donors (Lipinski definition) is 0. The fourth-order valence-electron chi connectivity index (χ4n) is 3.34. The van der Waals surface area contributed by atoms with E-state index in [0.29, 0.717) is 27.6 Å². The second-order valence-corrected chi connectivity index (χ2v) is 7.12. The standard InChI is InChI=1S/C22H15ClF3NO2/c23-19-2-1-3-21(29-12-13-6-16(25)9-17(26)7-13)18(19)11-27-20-10-15(24)5-4-14(20)8-22(27)28/h1-7,9-10H,8,11-12H2. The molecule has 0 saturated carbocycles. The van der Waals surface area contributed by atoms with Crippen LogP contribution in [0.25, 0.3) is 0 Å². The Morgan fingerprint density at radius 1 is 0.966 bits per heavy atom. The number of fused-ring (bicyclic) bond motifs is 1. The van der Waals surface area contributed by atoms with Crippen molar-refractivity contribution in [2.75, 3.05) is 4.90 Å². The third-order valence-electron chi connectivity index (χ3n) is 4.69. The number of amides is 1. The molecule has 0 aliphatic carbocycles. The minimum atomic E-state index is -0.698. The van der Waals surface area contributed by atoms with E-state index in [1.165, 1.54) is 29.2 Å². The maximum Gasteiger partial charge on any atom is 0.231 e. The molecule has 7 heteroatoms. The maximum absolute atomic E-state index is 13.7. The average molecular weight is 418 g/mol. The Kier molecular flexibility index (Phi) is 5.20. The number of halogens is 4. The van der Waals surface area contributed by atoms with Crippen LogP contribution in [0, 0.1) is 17.5 Å². The Morgan fingerprint density at radius 3 is 2.48 bits per heavy atom. The normalized spacial score (nSPS) is 13.0. The van der Waals surface area contributed by atoms with Gasteiger partial charge in [0.25, 0.3) is 0 Å². The molecule has 3 aromatic rings. The smallest absolute Gasteiger partial charge is 0.231 e. The molecule has 0 radical (unpaired) electrons. The lowest BCUT2D eigenvalue weighted by atomic mass is 10.1. The number of nitrogens with zero attached hydrogens (tertiary/aromatic N) is 1. The van der Waals surface area contributed by atoms with E-state index in [4.69, 9.17) is 16.3 Å². The van der Waals surface area contributed by atoms with Crippen LogP contribution in [0.15, 0.2) is 54.6 Å². The summed E-state index contributed by atoms with van der Waals surface area (Å²) in [5, 5.41) is 0.366. The quantitative estimate of drug-likeness (QED) is 0.554. The summed E-state index contributed by atoms with van der Waals surface area (Å²) in [7, 11) is 0. The lowest BCUT2D eigenvalue weighted by molar-refractivity contribution is -0.117. The predicted molar refractivity (Wildman–Crippen MR) is 103 cm³/mol. The first kappa shape index (κ1) is 19.3. The molecule has 0 unspecified atom stereocenters. The first-order valence-corrected chi connectivity index (χ1v) is 9.22. The molecule has 0 fully saturated rings. The molecule has 0 N–H and O–H groups in total. The molecule has 4 rings (SSSR count).